The standard InChI is InChI=1S/C23H23BrClNO2.ClH/c1-27-22-14-20(24)13-19(23(22)28-16-18-5-3-2-4-6-18)15-26-12-11-17-7-9-21(25)10-8-17;/h2-10,13-14,26H,11-12,15-16H2,1H3;1H. The summed E-state index contributed by atoms with van der Waals surface area (Å²) >= 11 is 9.50. The normalized spacial score (nSPS) is 10.3. The van der Waals surface area contributed by atoms with Crippen LogP contribution in [0.5, 0.6) is 11.5 Å². The number of halogens is 3. The lowest BCUT2D eigenvalue weighted by atomic mass is 10.1. The molecule has 3 nitrogen and oxygen atoms in total. The smallest absolute Gasteiger partial charge is 0.166 e. The van der Waals surface area contributed by atoms with Crippen molar-refractivity contribution in [3.8, 4) is 11.5 Å². The topological polar surface area (TPSA) is 30.5 Å². The molecule has 0 atom stereocenters. The highest BCUT2D eigenvalue weighted by atomic mass is 79.9. The molecule has 3 aromatic rings. The fourth-order valence-corrected chi connectivity index (χ4v) is 3.52. The van der Waals surface area contributed by atoms with Gasteiger partial charge in [0.15, 0.2) is 11.5 Å². The molecule has 0 aromatic heterocycles. The second-order valence-corrected chi connectivity index (χ2v) is 7.78. The van der Waals surface area contributed by atoms with E-state index >= 15 is 0 Å². The molecular formula is C23H24BrCl2NO2. The molecule has 0 spiro atoms. The second kappa shape index (κ2) is 12.1. The van der Waals surface area contributed by atoms with E-state index in [2.05, 4.69) is 51.6 Å². The minimum Gasteiger partial charge on any atom is -0.493 e. The Morgan fingerprint density at radius 1 is 0.966 bits per heavy atom. The maximum atomic E-state index is 6.13. The summed E-state index contributed by atoms with van der Waals surface area (Å²) in [7, 11) is 1.66. The van der Waals surface area contributed by atoms with Crippen molar-refractivity contribution in [1.82, 2.24) is 5.32 Å². The highest BCUT2D eigenvalue weighted by Gasteiger charge is 2.13. The molecule has 1 N–H and O–H groups in total. The van der Waals surface area contributed by atoms with Crippen LogP contribution in [-0.2, 0) is 19.6 Å². The number of methoxy groups -OCH3 is 1. The van der Waals surface area contributed by atoms with E-state index in [1.54, 1.807) is 7.11 Å². The Hall–Kier alpha value is -1.72. The largest absolute Gasteiger partial charge is 0.493 e. The van der Waals surface area contributed by atoms with Crippen LogP contribution in [0.1, 0.15) is 16.7 Å². The van der Waals surface area contributed by atoms with Gasteiger partial charge in [0.05, 0.1) is 7.11 Å². The van der Waals surface area contributed by atoms with Crippen LogP contribution in [0.3, 0.4) is 0 Å². The van der Waals surface area contributed by atoms with Crippen molar-refractivity contribution in [3.63, 3.8) is 0 Å². The summed E-state index contributed by atoms with van der Waals surface area (Å²) in [5.41, 5.74) is 3.43. The molecule has 6 heteroatoms. The zero-order valence-corrected chi connectivity index (χ0v) is 19.3. The van der Waals surface area contributed by atoms with Gasteiger partial charge in [-0.05, 0) is 48.4 Å². The molecule has 0 saturated carbocycles. The maximum Gasteiger partial charge on any atom is 0.166 e. The van der Waals surface area contributed by atoms with Gasteiger partial charge in [-0.25, -0.2) is 0 Å². The summed E-state index contributed by atoms with van der Waals surface area (Å²) in [5, 5.41) is 4.25. The molecule has 0 bridgehead atoms. The van der Waals surface area contributed by atoms with Gasteiger partial charge in [-0.1, -0.05) is 70.0 Å². The van der Waals surface area contributed by atoms with E-state index in [1.807, 2.05) is 36.4 Å². The molecule has 0 fully saturated rings. The van der Waals surface area contributed by atoms with Crippen molar-refractivity contribution in [3.05, 3.63) is 92.9 Å². The van der Waals surface area contributed by atoms with Gasteiger partial charge in [-0.2, -0.15) is 0 Å². The Bertz CT molecular complexity index is 889. The van der Waals surface area contributed by atoms with Crippen LogP contribution in [-0.4, -0.2) is 13.7 Å². The first-order valence-electron chi connectivity index (χ1n) is 9.14. The van der Waals surface area contributed by atoms with Crippen molar-refractivity contribution in [2.45, 2.75) is 19.6 Å². The molecule has 0 heterocycles. The average Bonchev–Trinajstić information content (AvgIpc) is 2.72. The number of hydrogen-bond donors (Lipinski definition) is 1. The van der Waals surface area contributed by atoms with E-state index in [0.717, 1.165) is 45.1 Å². The third-order valence-electron chi connectivity index (χ3n) is 4.36. The van der Waals surface area contributed by atoms with Crippen molar-refractivity contribution in [1.29, 1.82) is 0 Å². The van der Waals surface area contributed by atoms with Crippen molar-refractivity contribution in [2.24, 2.45) is 0 Å². The molecule has 154 valence electrons. The monoisotopic (exact) mass is 495 g/mol. The lowest BCUT2D eigenvalue weighted by Gasteiger charge is -2.16. The summed E-state index contributed by atoms with van der Waals surface area (Å²) in [4.78, 5) is 0. The van der Waals surface area contributed by atoms with Gasteiger partial charge in [0.1, 0.15) is 6.61 Å². The maximum absolute atomic E-state index is 6.13. The van der Waals surface area contributed by atoms with Crippen molar-refractivity contribution < 1.29 is 9.47 Å². The molecule has 0 aliphatic carbocycles. The van der Waals surface area contributed by atoms with E-state index in [4.69, 9.17) is 21.1 Å². The highest BCUT2D eigenvalue weighted by molar-refractivity contribution is 9.10. The first-order chi connectivity index (χ1) is 13.7. The summed E-state index contributed by atoms with van der Waals surface area (Å²) < 4.78 is 12.6. The SMILES string of the molecule is COc1cc(Br)cc(CNCCc2ccc(Cl)cc2)c1OCc1ccccc1.Cl. The van der Waals surface area contributed by atoms with Crippen molar-refractivity contribution in [2.75, 3.05) is 13.7 Å². The van der Waals surface area contributed by atoms with Gasteiger partial charge in [-0.15, -0.1) is 12.4 Å². The van der Waals surface area contributed by atoms with E-state index in [0.29, 0.717) is 13.2 Å². The van der Waals surface area contributed by atoms with Gasteiger partial charge >= 0.3 is 0 Å². The minimum atomic E-state index is 0. The van der Waals surface area contributed by atoms with Gasteiger partial charge in [0, 0.05) is 21.6 Å². The lowest BCUT2D eigenvalue weighted by molar-refractivity contribution is 0.280. The average molecular weight is 497 g/mol. The van der Waals surface area contributed by atoms with Crippen molar-refractivity contribution >= 4 is 39.9 Å². The predicted octanol–water partition coefficient (Wildman–Crippen LogP) is 6.44. The molecule has 3 rings (SSSR count). The number of ether oxygens (including phenoxy) is 2. The molecule has 0 aliphatic heterocycles. The molecule has 0 radical (unpaired) electrons. The number of benzene rings is 3. The zero-order chi connectivity index (χ0) is 19.8. The number of hydrogen-bond acceptors (Lipinski definition) is 3. The second-order valence-electron chi connectivity index (χ2n) is 6.42. The Balaban J connectivity index is 0.00000300. The van der Waals surface area contributed by atoms with Gasteiger partial charge in [-0.3, -0.25) is 0 Å². The quantitative estimate of drug-likeness (QED) is 0.345. The van der Waals surface area contributed by atoms with Crippen LogP contribution < -0.4 is 14.8 Å². The Kier molecular flexibility index (Phi) is 9.82. The van der Waals surface area contributed by atoms with Crippen LogP contribution in [0.25, 0.3) is 0 Å². The minimum absolute atomic E-state index is 0. The van der Waals surface area contributed by atoms with Crippen LogP contribution >= 0.6 is 39.9 Å². The first kappa shape index (κ1) is 23.6. The van der Waals surface area contributed by atoms with Gasteiger partial charge in [0.25, 0.3) is 0 Å². The molecule has 0 aliphatic rings. The number of nitrogens with one attached hydrogen (secondary N) is 1. The van der Waals surface area contributed by atoms with Gasteiger partial charge in [0.2, 0.25) is 0 Å². The fourth-order valence-electron chi connectivity index (χ4n) is 2.91. The van der Waals surface area contributed by atoms with Gasteiger partial charge < -0.3 is 14.8 Å². The summed E-state index contributed by atoms with van der Waals surface area (Å²) in [6, 6.07) is 22.1. The molecule has 3 aromatic carbocycles. The summed E-state index contributed by atoms with van der Waals surface area (Å²) in [5.74, 6) is 1.49. The Morgan fingerprint density at radius 2 is 1.69 bits per heavy atom. The molecule has 29 heavy (non-hydrogen) atoms. The van der Waals surface area contributed by atoms with Crippen LogP contribution in [0, 0.1) is 0 Å². The molecule has 0 unspecified atom stereocenters. The zero-order valence-electron chi connectivity index (χ0n) is 16.2. The third kappa shape index (κ3) is 7.23. The van der Waals surface area contributed by atoms with E-state index in [9.17, 15) is 0 Å². The molecule has 0 saturated heterocycles. The lowest BCUT2D eigenvalue weighted by Crippen LogP contribution is -2.17. The van der Waals surface area contributed by atoms with Crippen LogP contribution in [0.2, 0.25) is 5.02 Å². The fraction of sp³-hybridized carbons (Fsp3) is 0.217. The Morgan fingerprint density at radius 3 is 2.38 bits per heavy atom. The van der Waals surface area contributed by atoms with E-state index in [1.165, 1.54) is 5.56 Å². The predicted molar refractivity (Wildman–Crippen MR) is 126 cm³/mol. The number of rotatable bonds is 9. The Labute approximate surface area is 191 Å². The summed E-state index contributed by atoms with van der Waals surface area (Å²) in [6.45, 7) is 2.04. The highest BCUT2D eigenvalue weighted by Crippen LogP contribution is 2.35. The summed E-state index contributed by atoms with van der Waals surface area (Å²) in [6.07, 6.45) is 0.933. The molecular weight excluding hydrogens is 473 g/mol. The van der Waals surface area contributed by atoms with E-state index < -0.39 is 0 Å². The van der Waals surface area contributed by atoms with Crippen LogP contribution in [0.4, 0.5) is 0 Å². The van der Waals surface area contributed by atoms with Crippen LogP contribution in [0.15, 0.2) is 71.2 Å². The van der Waals surface area contributed by atoms with E-state index in [-0.39, 0.29) is 12.4 Å². The molecule has 0 amide bonds. The third-order valence-corrected chi connectivity index (χ3v) is 5.07. The first-order valence-corrected chi connectivity index (χ1v) is 10.3.